The van der Waals surface area contributed by atoms with E-state index in [1.807, 2.05) is 0 Å². The summed E-state index contributed by atoms with van der Waals surface area (Å²) in [6.45, 7) is 1.59. The minimum Gasteiger partial charge on any atom is -0.496 e. The highest BCUT2D eigenvalue weighted by Gasteiger charge is 2.38. The summed E-state index contributed by atoms with van der Waals surface area (Å²) in [6, 6.07) is 2.75. The number of halogens is 4. The Kier molecular flexibility index (Phi) is 4.75. The molecule has 0 aliphatic carbocycles. The SMILES string of the molecule is COc1cc(C(F)(F)F)c(S(N)(=O)=O)cc1-c1nnc(Cl)cc1C. The summed E-state index contributed by atoms with van der Waals surface area (Å²) in [7, 11) is -3.50. The van der Waals surface area contributed by atoms with E-state index in [0.717, 1.165) is 13.2 Å². The number of aromatic nitrogens is 2. The van der Waals surface area contributed by atoms with E-state index in [9.17, 15) is 21.6 Å². The maximum atomic E-state index is 13.1. The first kappa shape index (κ1) is 18.4. The second-order valence-electron chi connectivity index (χ2n) is 4.79. The highest BCUT2D eigenvalue weighted by Crippen LogP contribution is 2.41. The molecule has 130 valence electrons. The zero-order chi connectivity index (χ0) is 18.3. The monoisotopic (exact) mass is 381 g/mol. The molecule has 0 bridgehead atoms. The molecule has 1 heterocycles. The molecule has 0 saturated heterocycles. The van der Waals surface area contributed by atoms with Gasteiger partial charge in [-0.15, -0.1) is 10.2 Å². The van der Waals surface area contributed by atoms with Gasteiger partial charge in [-0.25, -0.2) is 13.6 Å². The summed E-state index contributed by atoms with van der Waals surface area (Å²) >= 11 is 5.70. The number of nitrogens with two attached hydrogens (primary N) is 1. The van der Waals surface area contributed by atoms with Gasteiger partial charge in [0.15, 0.2) is 5.15 Å². The van der Waals surface area contributed by atoms with Gasteiger partial charge < -0.3 is 4.74 Å². The van der Waals surface area contributed by atoms with Crippen LogP contribution in [0.25, 0.3) is 11.3 Å². The lowest BCUT2D eigenvalue weighted by Gasteiger charge is -2.16. The van der Waals surface area contributed by atoms with Gasteiger partial charge in [0.25, 0.3) is 0 Å². The van der Waals surface area contributed by atoms with Crippen molar-refractivity contribution in [1.82, 2.24) is 10.2 Å². The number of methoxy groups -OCH3 is 1. The number of rotatable bonds is 3. The van der Waals surface area contributed by atoms with Crippen LogP contribution < -0.4 is 9.88 Å². The molecule has 0 aliphatic rings. The van der Waals surface area contributed by atoms with Crippen molar-refractivity contribution in [3.8, 4) is 17.0 Å². The Morgan fingerprint density at radius 2 is 1.83 bits per heavy atom. The standard InChI is InChI=1S/C13H11ClF3N3O3S/c1-6-3-11(14)19-20-12(6)7-4-10(24(18,21)22)8(13(15,16)17)5-9(7)23-2/h3-5H,1-2H3,(H2,18,21,22). The normalized spacial score (nSPS) is 12.3. The second kappa shape index (κ2) is 6.19. The molecular formula is C13H11ClF3N3O3S. The smallest absolute Gasteiger partial charge is 0.417 e. The van der Waals surface area contributed by atoms with Crippen LogP contribution >= 0.6 is 11.6 Å². The van der Waals surface area contributed by atoms with Gasteiger partial charge in [0.2, 0.25) is 10.0 Å². The minimum absolute atomic E-state index is 0.00353. The lowest BCUT2D eigenvalue weighted by atomic mass is 10.0. The zero-order valence-electron chi connectivity index (χ0n) is 12.3. The van der Waals surface area contributed by atoms with Crippen LogP contribution in [0.5, 0.6) is 5.75 Å². The van der Waals surface area contributed by atoms with Gasteiger partial charge in [-0.05, 0) is 30.7 Å². The van der Waals surface area contributed by atoms with Gasteiger partial charge in [-0.1, -0.05) is 11.6 Å². The van der Waals surface area contributed by atoms with Crippen molar-refractivity contribution < 1.29 is 26.3 Å². The molecule has 24 heavy (non-hydrogen) atoms. The summed E-state index contributed by atoms with van der Waals surface area (Å²) < 4.78 is 67.6. The Labute approximate surface area is 140 Å². The number of hydrogen-bond acceptors (Lipinski definition) is 5. The molecule has 2 rings (SSSR count). The van der Waals surface area contributed by atoms with Crippen LogP contribution in [0, 0.1) is 6.92 Å². The maximum absolute atomic E-state index is 13.1. The first-order valence-electron chi connectivity index (χ1n) is 6.27. The number of benzene rings is 1. The van der Waals surface area contributed by atoms with Crippen LogP contribution in [-0.2, 0) is 16.2 Å². The van der Waals surface area contributed by atoms with Crippen molar-refractivity contribution in [1.29, 1.82) is 0 Å². The average Bonchev–Trinajstić information content (AvgIpc) is 2.44. The summed E-state index contributed by atoms with van der Waals surface area (Å²) in [4.78, 5) is -1.08. The van der Waals surface area contributed by atoms with Crippen molar-refractivity contribution in [2.24, 2.45) is 5.14 Å². The van der Waals surface area contributed by atoms with Gasteiger partial charge >= 0.3 is 6.18 Å². The van der Waals surface area contributed by atoms with E-state index in [4.69, 9.17) is 21.5 Å². The summed E-state index contributed by atoms with van der Waals surface area (Å²) in [5.41, 5.74) is -0.843. The predicted octanol–water partition coefficient (Wildman–Crippen LogP) is 2.78. The van der Waals surface area contributed by atoms with E-state index in [1.165, 1.54) is 6.07 Å². The van der Waals surface area contributed by atoms with E-state index >= 15 is 0 Å². The van der Waals surface area contributed by atoms with Crippen LogP contribution in [0.4, 0.5) is 13.2 Å². The molecule has 0 radical (unpaired) electrons. The number of hydrogen-bond donors (Lipinski definition) is 1. The van der Waals surface area contributed by atoms with E-state index < -0.39 is 26.7 Å². The fourth-order valence-electron chi connectivity index (χ4n) is 2.09. The molecular weight excluding hydrogens is 371 g/mol. The number of alkyl halides is 3. The fourth-order valence-corrected chi connectivity index (χ4v) is 3.05. The van der Waals surface area contributed by atoms with E-state index in [2.05, 4.69) is 10.2 Å². The number of sulfonamides is 1. The molecule has 0 fully saturated rings. The quantitative estimate of drug-likeness (QED) is 0.882. The van der Waals surface area contributed by atoms with E-state index in [0.29, 0.717) is 11.6 Å². The van der Waals surface area contributed by atoms with E-state index in [-0.39, 0.29) is 22.2 Å². The predicted molar refractivity (Wildman–Crippen MR) is 80.1 cm³/mol. The Balaban J connectivity index is 2.87. The van der Waals surface area contributed by atoms with Crippen LogP contribution in [0.15, 0.2) is 23.1 Å². The molecule has 0 amide bonds. The van der Waals surface area contributed by atoms with Crippen LogP contribution in [0.3, 0.4) is 0 Å². The zero-order valence-corrected chi connectivity index (χ0v) is 13.9. The number of ether oxygens (including phenoxy) is 1. The molecule has 2 N–H and O–H groups in total. The largest absolute Gasteiger partial charge is 0.496 e. The van der Waals surface area contributed by atoms with Crippen molar-refractivity contribution in [2.75, 3.05) is 7.11 Å². The van der Waals surface area contributed by atoms with Gasteiger partial charge in [-0.3, -0.25) is 0 Å². The molecule has 1 aromatic carbocycles. The third-order valence-electron chi connectivity index (χ3n) is 3.12. The highest BCUT2D eigenvalue weighted by molar-refractivity contribution is 7.89. The Hall–Kier alpha value is -1.91. The fraction of sp³-hybridized carbons (Fsp3) is 0.231. The van der Waals surface area contributed by atoms with Crippen LogP contribution in [0.2, 0.25) is 5.15 Å². The molecule has 0 saturated carbocycles. The molecule has 0 spiro atoms. The topological polar surface area (TPSA) is 95.2 Å². The summed E-state index contributed by atoms with van der Waals surface area (Å²) in [6.07, 6.45) is -4.94. The first-order chi connectivity index (χ1) is 10.9. The number of aryl methyl sites for hydroxylation is 1. The molecule has 0 unspecified atom stereocenters. The number of nitrogens with zero attached hydrogens (tertiary/aromatic N) is 2. The molecule has 6 nitrogen and oxygen atoms in total. The van der Waals surface area contributed by atoms with Gasteiger partial charge in [0.05, 0.1) is 23.3 Å². The second-order valence-corrected chi connectivity index (χ2v) is 6.71. The molecule has 2 aromatic rings. The molecule has 11 heteroatoms. The maximum Gasteiger partial charge on any atom is 0.417 e. The number of primary sulfonamides is 1. The average molecular weight is 382 g/mol. The van der Waals surface area contributed by atoms with Gasteiger partial charge in [0.1, 0.15) is 5.75 Å². The Bertz CT molecular complexity index is 901. The Morgan fingerprint density at radius 3 is 2.29 bits per heavy atom. The molecule has 0 aliphatic heterocycles. The minimum atomic E-state index is -4.94. The Morgan fingerprint density at radius 1 is 1.21 bits per heavy atom. The van der Waals surface area contributed by atoms with Crippen molar-refractivity contribution in [3.05, 3.63) is 34.5 Å². The van der Waals surface area contributed by atoms with Crippen LogP contribution in [-0.4, -0.2) is 25.7 Å². The van der Waals surface area contributed by atoms with Crippen molar-refractivity contribution in [3.63, 3.8) is 0 Å². The lowest BCUT2D eigenvalue weighted by Crippen LogP contribution is -2.19. The lowest BCUT2D eigenvalue weighted by molar-refractivity contribution is -0.140. The summed E-state index contributed by atoms with van der Waals surface area (Å²) in [5, 5.41) is 12.4. The molecule has 0 atom stereocenters. The third-order valence-corrected chi connectivity index (χ3v) is 4.26. The van der Waals surface area contributed by atoms with E-state index in [1.54, 1.807) is 6.92 Å². The summed E-state index contributed by atoms with van der Waals surface area (Å²) in [5.74, 6) is -0.227. The highest BCUT2D eigenvalue weighted by atomic mass is 35.5. The third kappa shape index (κ3) is 3.60. The van der Waals surface area contributed by atoms with Crippen molar-refractivity contribution in [2.45, 2.75) is 18.0 Å². The van der Waals surface area contributed by atoms with Crippen molar-refractivity contribution >= 4 is 21.6 Å². The first-order valence-corrected chi connectivity index (χ1v) is 8.20. The molecule has 1 aromatic heterocycles. The van der Waals surface area contributed by atoms with Gasteiger partial charge in [0, 0.05) is 5.56 Å². The van der Waals surface area contributed by atoms with Gasteiger partial charge in [-0.2, -0.15) is 13.2 Å². The van der Waals surface area contributed by atoms with Crippen LogP contribution in [0.1, 0.15) is 11.1 Å².